The quantitative estimate of drug-likeness (QED) is 0.612. The normalized spacial score (nSPS) is 17.1. The molecule has 1 aromatic heterocycles. The van der Waals surface area contributed by atoms with Crippen LogP contribution in [0, 0.1) is 6.92 Å². The fraction of sp³-hybridized carbons (Fsp3) is 0.545. The Balaban J connectivity index is 2.24. The molecule has 1 saturated heterocycles. The molecule has 72 valence electrons. The number of pyridine rings is 1. The molecule has 0 amide bonds. The average Bonchev–Trinajstić information content (AvgIpc) is 2.23. The minimum absolute atomic E-state index is 0.760. The summed E-state index contributed by atoms with van der Waals surface area (Å²) < 4.78 is 0. The van der Waals surface area contributed by atoms with Crippen molar-refractivity contribution in [2.75, 3.05) is 18.0 Å². The minimum atomic E-state index is 0.760. The third-order valence-electron chi connectivity index (χ3n) is 2.78. The van der Waals surface area contributed by atoms with Gasteiger partial charge in [-0.2, -0.15) is 0 Å². The molecule has 2 nitrogen and oxygen atoms in total. The van der Waals surface area contributed by atoms with E-state index in [0.29, 0.717) is 0 Å². The minimum Gasteiger partial charge on any atom is -0.370 e. The summed E-state index contributed by atoms with van der Waals surface area (Å²) >= 11 is 0. The molecule has 0 aromatic carbocycles. The molecule has 2 radical (unpaired) electrons. The van der Waals surface area contributed by atoms with Crippen molar-refractivity contribution in [3.63, 3.8) is 0 Å². The molecule has 2 heterocycles. The van der Waals surface area contributed by atoms with E-state index in [1.807, 2.05) is 13.0 Å². The smallest absolute Gasteiger partial charge is 0.116 e. The van der Waals surface area contributed by atoms with Gasteiger partial charge < -0.3 is 4.90 Å². The number of hydrogen-bond acceptors (Lipinski definition) is 2. The largest absolute Gasteiger partial charge is 0.370 e. The van der Waals surface area contributed by atoms with E-state index in [-0.39, 0.29) is 0 Å². The fourth-order valence-corrected chi connectivity index (χ4v) is 1.99. The summed E-state index contributed by atoms with van der Waals surface area (Å²) in [5.74, 6) is 0. The number of aryl methyl sites for hydroxylation is 1. The molecular formula is C11H15BN2. The van der Waals surface area contributed by atoms with E-state index in [9.17, 15) is 0 Å². The number of hydrogen-bond donors (Lipinski definition) is 0. The SMILES string of the molecule is [B]c1cnc(C)c(N2CCCCC2)c1. The van der Waals surface area contributed by atoms with Gasteiger partial charge >= 0.3 is 0 Å². The van der Waals surface area contributed by atoms with Crippen LogP contribution in [0.25, 0.3) is 0 Å². The van der Waals surface area contributed by atoms with Crippen LogP contribution in [0.3, 0.4) is 0 Å². The number of rotatable bonds is 1. The van der Waals surface area contributed by atoms with Crippen molar-refractivity contribution < 1.29 is 0 Å². The van der Waals surface area contributed by atoms with Crippen LogP contribution in [-0.2, 0) is 0 Å². The van der Waals surface area contributed by atoms with E-state index in [4.69, 9.17) is 7.85 Å². The predicted octanol–water partition coefficient (Wildman–Crippen LogP) is 1.17. The molecule has 0 atom stereocenters. The van der Waals surface area contributed by atoms with E-state index < -0.39 is 0 Å². The number of piperidine rings is 1. The zero-order valence-corrected chi connectivity index (χ0v) is 8.66. The topological polar surface area (TPSA) is 16.1 Å². The van der Waals surface area contributed by atoms with Crippen LogP contribution in [0.2, 0.25) is 0 Å². The lowest BCUT2D eigenvalue weighted by atomic mass is 9.97. The summed E-state index contributed by atoms with van der Waals surface area (Å²) in [6, 6.07) is 2.04. The summed E-state index contributed by atoms with van der Waals surface area (Å²) in [6.45, 7) is 4.33. The van der Waals surface area contributed by atoms with Gasteiger partial charge in [0, 0.05) is 19.3 Å². The van der Waals surface area contributed by atoms with Gasteiger partial charge in [-0.25, -0.2) is 0 Å². The van der Waals surface area contributed by atoms with Gasteiger partial charge in [0.2, 0.25) is 0 Å². The Labute approximate surface area is 86.7 Å². The first-order chi connectivity index (χ1) is 6.77. The van der Waals surface area contributed by atoms with Crippen molar-refractivity contribution in [1.82, 2.24) is 4.98 Å². The van der Waals surface area contributed by atoms with Gasteiger partial charge in [-0.1, -0.05) is 5.46 Å². The first-order valence-corrected chi connectivity index (χ1v) is 5.24. The van der Waals surface area contributed by atoms with Gasteiger partial charge in [0.15, 0.2) is 0 Å². The van der Waals surface area contributed by atoms with Crippen LogP contribution in [-0.4, -0.2) is 25.9 Å². The zero-order valence-electron chi connectivity index (χ0n) is 8.66. The van der Waals surface area contributed by atoms with Gasteiger partial charge in [0.1, 0.15) is 7.85 Å². The van der Waals surface area contributed by atoms with E-state index in [2.05, 4.69) is 9.88 Å². The van der Waals surface area contributed by atoms with Gasteiger partial charge in [0.05, 0.1) is 11.4 Å². The van der Waals surface area contributed by atoms with E-state index >= 15 is 0 Å². The Kier molecular flexibility index (Phi) is 2.75. The first-order valence-electron chi connectivity index (χ1n) is 5.24. The fourth-order valence-electron chi connectivity index (χ4n) is 1.99. The highest BCUT2D eigenvalue weighted by atomic mass is 15.1. The van der Waals surface area contributed by atoms with Crippen LogP contribution in [0.4, 0.5) is 5.69 Å². The maximum Gasteiger partial charge on any atom is 0.116 e. The van der Waals surface area contributed by atoms with E-state index in [1.54, 1.807) is 6.20 Å². The highest BCUT2D eigenvalue weighted by Gasteiger charge is 2.13. The molecule has 0 unspecified atom stereocenters. The maximum absolute atomic E-state index is 5.74. The summed E-state index contributed by atoms with van der Waals surface area (Å²) in [4.78, 5) is 6.68. The van der Waals surface area contributed by atoms with E-state index in [1.165, 1.54) is 24.9 Å². The second kappa shape index (κ2) is 4.03. The molecule has 1 aromatic rings. The van der Waals surface area contributed by atoms with Crippen molar-refractivity contribution in [2.24, 2.45) is 0 Å². The molecule has 3 heteroatoms. The highest BCUT2D eigenvalue weighted by Crippen LogP contribution is 2.20. The van der Waals surface area contributed by atoms with E-state index in [0.717, 1.165) is 24.2 Å². The van der Waals surface area contributed by atoms with Crippen molar-refractivity contribution in [2.45, 2.75) is 26.2 Å². The van der Waals surface area contributed by atoms with Crippen LogP contribution < -0.4 is 10.4 Å². The molecule has 14 heavy (non-hydrogen) atoms. The van der Waals surface area contributed by atoms with Gasteiger partial charge in [-0.05, 0) is 32.3 Å². The van der Waals surface area contributed by atoms with Crippen molar-refractivity contribution in [3.8, 4) is 0 Å². The average molecular weight is 186 g/mol. The van der Waals surface area contributed by atoms with Crippen LogP contribution in [0.5, 0.6) is 0 Å². The Hall–Kier alpha value is -0.985. The standard InChI is InChI=1S/C11H15BN2/c1-9-11(7-10(12)8-13-9)14-5-3-2-4-6-14/h7-8H,2-6H2,1H3. The molecule has 1 aliphatic rings. The summed E-state index contributed by atoms with van der Waals surface area (Å²) in [5.41, 5.74) is 3.06. The van der Waals surface area contributed by atoms with Crippen molar-refractivity contribution in [1.29, 1.82) is 0 Å². The molecule has 2 rings (SSSR count). The Morgan fingerprint density at radius 1 is 1.29 bits per heavy atom. The Bertz CT molecular complexity index is 319. The molecule has 0 N–H and O–H groups in total. The monoisotopic (exact) mass is 186 g/mol. The molecule has 0 spiro atoms. The number of nitrogens with zero attached hydrogens (tertiary/aromatic N) is 2. The maximum atomic E-state index is 5.74. The third-order valence-corrected chi connectivity index (χ3v) is 2.78. The third kappa shape index (κ3) is 1.92. The molecule has 1 fully saturated rings. The molecule has 0 bridgehead atoms. The molecule has 1 aliphatic heterocycles. The van der Waals surface area contributed by atoms with Gasteiger partial charge in [-0.3, -0.25) is 4.98 Å². The second-order valence-corrected chi connectivity index (χ2v) is 3.92. The summed E-state index contributed by atoms with van der Waals surface area (Å²) in [6.07, 6.45) is 5.65. The van der Waals surface area contributed by atoms with Crippen molar-refractivity contribution in [3.05, 3.63) is 18.0 Å². The van der Waals surface area contributed by atoms with Gasteiger partial charge in [0.25, 0.3) is 0 Å². The molecular weight excluding hydrogens is 171 g/mol. The highest BCUT2D eigenvalue weighted by molar-refractivity contribution is 6.32. The molecule has 0 saturated carbocycles. The molecule has 0 aliphatic carbocycles. The summed E-state index contributed by atoms with van der Waals surface area (Å²) in [7, 11) is 5.74. The zero-order chi connectivity index (χ0) is 9.97. The summed E-state index contributed by atoms with van der Waals surface area (Å²) in [5, 5.41) is 0. The Morgan fingerprint density at radius 3 is 2.71 bits per heavy atom. The Morgan fingerprint density at radius 2 is 2.00 bits per heavy atom. The second-order valence-electron chi connectivity index (χ2n) is 3.92. The lowest BCUT2D eigenvalue weighted by Crippen LogP contribution is -2.31. The van der Waals surface area contributed by atoms with Crippen LogP contribution >= 0.6 is 0 Å². The van der Waals surface area contributed by atoms with Crippen LogP contribution in [0.15, 0.2) is 12.3 Å². The first kappa shape index (κ1) is 9.57. The number of aromatic nitrogens is 1. The van der Waals surface area contributed by atoms with Crippen LogP contribution in [0.1, 0.15) is 25.0 Å². The number of anilines is 1. The van der Waals surface area contributed by atoms with Gasteiger partial charge in [-0.15, -0.1) is 0 Å². The predicted molar refractivity (Wildman–Crippen MR) is 60.4 cm³/mol. The van der Waals surface area contributed by atoms with Crippen molar-refractivity contribution >= 4 is 19.0 Å². The lowest BCUT2D eigenvalue weighted by Gasteiger charge is -2.29. The lowest BCUT2D eigenvalue weighted by molar-refractivity contribution is 0.576.